The lowest BCUT2D eigenvalue weighted by atomic mass is 10.1. The van der Waals surface area contributed by atoms with Crippen LogP contribution in [0.4, 0.5) is 19.1 Å². The number of anilines is 1. The maximum Gasteiger partial charge on any atom is 0.416 e. The van der Waals surface area contributed by atoms with E-state index in [1.807, 2.05) is 6.92 Å². The molecule has 2 aromatic rings. The highest BCUT2D eigenvalue weighted by Crippen LogP contribution is 2.30. The fourth-order valence-electron chi connectivity index (χ4n) is 2.47. The first-order valence-electron chi connectivity index (χ1n) is 6.76. The van der Waals surface area contributed by atoms with E-state index in [9.17, 15) is 18.0 Å². The number of aryl methyl sites for hydroxylation is 1. The van der Waals surface area contributed by atoms with E-state index in [0.29, 0.717) is 18.9 Å². The number of aromatic nitrogens is 3. The van der Waals surface area contributed by atoms with Crippen molar-refractivity contribution < 1.29 is 18.0 Å². The first-order valence-corrected chi connectivity index (χ1v) is 6.76. The number of hydrogen-bond acceptors (Lipinski definition) is 3. The van der Waals surface area contributed by atoms with Gasteiger partial charge in [0.2, 0.25) is 5.95 Å². The van der Waals surface area contributed by atoms with Gasteiger partial charge in [-0.15, -0.1) is 0 Å². The van der Waals surface area contributed by atoms with Crippen LogP contribution < -0.4 is 4.90 Å². The molecule has 1 unspecified atom stereocenters. The van der Waals surface area contributed by atoms with Gasteiger partial charge in [-0.1, -0.05) is 0 Å². The monoisotopic (exact) mass is 310 g/mol. The van der Waals surface area contributed by atoms with Crippen molar-refractivity contribution in [2.24, 2.45) is 0 Å². The molecule has 0 saturated heterocycles. The van der Waals surface area contributed by atoms with Crippen LogP contribution in [0.15, 0.2) is 30.6 Å². The minimum absolute atomic E-state index is 0.0912. The third kappa shape index (κ3) is 2.44. The first-order chi connectivity index (χ1) is 10.4. The van der Waals surface area contributed by atoms with Crippen molar-refractivity contribution in [1.29, 1.82) is 0 Å². The SMILES string of the molecule is CC1CCn2ncnc2N1C(=O)c1ccc(C(F)(F)F)cc1. The van der Waals surface area contributed by atoms with Gasteiger partial charge in [0.25, 0.3) is 5.91 Å². The molecule has 0 bridgehead atoms. The van der Waals surface area contributed by atoms with E-state index in [4.69, 9.17) is 0 Å². The fourth-order valence-corrected chi connectivity index (χ4v) is 2.47. The number of carbonyl (C=O) groups excluding carboxylic acids is 1. The fraction of sp³-hybridized carbons (Fsp3) is 0.357. The number of amides is 1. The Balaban J connectivity index is 1.91. The molecule has 0 fully saturated rings. The zero-order valence-corrected chi connectivity index (χ0v) is 11.7. The summed E-state index contributed by atoms with van der Waals surface area (Å²) in [5.41, 5.74) is -0.588. The van der Waals surface area contributed by atoms with Gasteiger partial charge in [0.05, 0.1) is 5.56 Å². The summed E-state index contributed by atoms with van der Waals surface area (Å²) in [5, 5.41) is 4.03. The van der Waals surface area contributed by atoms with Gasteiger partial charge in [-0.05, 0) is 37.6 Å². The lowest BCUT2D eigenvalue weighted by molar-refractivity contribution is -0.137. The number of benzene rings is 1. The lowest BCUT2D eigenvalue weighted by Crippen LogP contribution is -2.44. The van der Waals surface area contributed by atoms with Crippen LogP contribution in [-0.2, 0) is 12.7 Å². The zero-order chi connectivity index (χ0) is 15.9. The van der Waals surface area contributed by atoms with Crippen molar-refractivity contribution >= 4 is 11.9 Å². The Morgan fingerprint density at radius 2 is 1.95 bits per heavy atom. The topological polar surface area (TPSA) is 51.0 Å². The molecule has 8 heteroatoms. The molecule has 1 amide bonds. The Bertz CT molecular complexity index is 693. The van der Waals surface area contributed by atoms with Crippen LogP contribution in [0.1, 0.15) is 29.3 Å². The Morgan fingerprint density at radius 1 is 1.27 bits per heavy atom. The minimum atomic E-state index is -4.42. The van der Waals surface area contributed by atoms with Gasteiger partial charge in [-0.3, -0.25) is 9.69 Å². The van der Waals surface area contributed by atoms with E-state index in [2.05, 4.69) is 10.1 Å². The zero-order valence-electron chi connectivity index (χ0n) is 11.7. The summed E-state index contributed by atoms with van der Waals surface area (Å²) in [6, 6.07) is 4.10. The predicted octanol–water partition coefficient (Wildman–Crippen LogP) is 2.74. The third-order valence-corrected chi connectivity index (χ3v) is 3.69. The number of halogens is 3. The van der Waals surface area contributed by atoms with Crippen molar-refractivity contribution in [3.05, 3.63) is 41.7 Å². The normalized spacial score (nSPS) is 18.2. The number of alkyl halides is 3. The standard InChI is InChI=1S/C14H13F3N4O/c1-9-6-7-20-13(18-8-19-20)21(9)12(22)10-2-4-11(5-3-10)14(15,16)17/h2-5,8-9H,6-7H2,1H3. The van der Waals surface area contributed by atoms with Gasteiger partial charge < -0.3 is 0 Å². The second kappa shape index (κ2) is 5.11. The van der Waals surface area contributed by atoms with E-state index in [0.717, 1.165) is 12.1 Å². The van der Waals surface area contributed by atoms with Gasteiger partial charge in [-0.2, -0.15) is 23.3 Å². The molecule has 116 valence electrons. The van der Waals surface area contributed by atoms with Gasteiger partial charge in [0.1, 0.15) is 6.33 Å². The van der Waals surface area contributed by atoms with Crippen molar-refractivity contribution in [1.82, 2.24) is 14.8 Å². The molecule has 0 saturated carbocycles. The average molecular weight is 310 g/mol. The van der Waals surface area contributed by atoms with Gasteiger partial charge >= 0.3 is 6.18 Å². The van der Waals surface area contributed by atoms with Gasteiger partial charge in [0, 0.05) is 18.2 Å². The van der Waals surface area contributed by atoms with Gasteiger partial charge in [-0.25, -0.2) is 4.68 Å². The Labute approximate surface area is 124 Å². The number of hydrogen-bond donors (Lipinski definition) is 0. The van der Waals surface area contributed by atoms with Crippen LogP contribution in [0.3, 0.4) is 0 Å². The Kier molecular flexibility index (Phi) is 3.38. The minimum Gasteiger partial charge on any atom is -0.274 e. The highest BCUT2D eigenvalue weighted by atomic mass is 19.4. The van der Waals surface area contributed by atoms with Crippen LogP contribution in [0.25, 0.3) is 0 Å². The van der Waals surface area contributed by atoms with Crippen LogP contribution in [0.5, 0.6) is 0 Å². The highest BCUT2D eigenvalue weighted by molar-refractivity contribution is 6.05. The molecule has 0 N–H and O–H groups in total. The average Bonchev–Trinajstić information content (AvgIpc) is 2.94. The maximum absolute atomic E-state index is 12.6. The van der Waals surface area contributed by atoms with E-state index in [1.165, 1.54) is 23.4 Å². The summed E-state index contributed by atoms with van der Waals surface area (Å²) in [4.78, 5) is 18.1. The van der Waals surface area contributed by atoms with Crippen molar-refractivity contribution in [3.8, 4) is 0 Å². The summed E-state index contributed by atoms with van der Waals surface area (Å²) in [5.74, 6) is 0.0406. The van der Waals surface area contributed by atoms with E-state index in [1.54, 1.807) is 4.68 Å². The molecular weight excluding hydrogens is 297 g/mol. The second-order valence-corrected chi connectivity index (χ2v) is 5.17. The number of fused-ring (bicyclic) bond motifs is 1. The molecular formula is C14H13F3N4O. The molecule has 1 atom stereocenters. The van der Waals surface area contributed by atoms with Crippen molar-refractivity contribution in [2.45, 2.75) is 32.1 Å². The third-order valence-electron chi connectivity index (χ3n) is 3.69. The highest BCUT2D eigenvalue weighted by Gasteiger charge is 2.33. The molecule has 0 radical (unpaired) electrons. The number of rotatable bonds is 1. The number of carbonyl (C=O) groups is 1. The quantitative estimate of drug-likeness (QED) is 0.814. The summed E-state index contributed by atoms with van der Waals surface area (Å²) in [7, 11) is 0. The van der Waals surface area contributed by atoms with E-state index in [-0.39, 0.29) is 17.5 Å². The lowest BCUT2D eigenvalue weighted by Gasteiger charge is -2.32. The summed E-state index contributed by atoms with van der Waals surface area (Å²) >= 11 is 0. The van der Waals surface area contributed by atoms with E-state index >= 15 is 0 Å². The van der Waals surface area contributed by atoms with E-state index < -0.39 is 11.7 Å². The molecule has 22 heavy (non-hydrogen) atoms. The van der Waals surface area contributed by atoms with Crippen molar-refractivity contribution in [2.75, 3.05) is 4.90 Å². The molecule has 1 aromatic carbocycles. The molecule has 3 rings (SSSR count). The summed E-state index contributed by atoms with van der Waals surface area (Å²) in [6.45, 7) is 2.54. The van der Waals surface area contributed by atoms with Crippen LogP contribution >= 0.6 is 0 Å². The maximum atomic E-state index is 12.6. The second-order valence-electron chi connectivity index (χ2n) is 5.17. The molecule has 2 heterocycles. The Morgan fingerprint density at radius 3 is 2.59 bits per heavy atom. The Hall–Kier alpha value is -2.38. The molecule has 1 aliphatic rings. The molecule has 1 aromatic heterocycles. The summed E-state index contributed by atoms with van der Waals surface area (Å²) < 4.78 is 39.3. The molecule has 1 aliphatic heterocycles. The smallest absolute Gasteiger partial charge is 0.274 e. The molecule has 0 spiro atoms. The van der Waals surface area contributed by atoms with Crippen LogP contribution in [0, 0.1) is 0 Å². The predicted molar refractivity (Wildman–Crippen MR) is 72.4 cm³/mol. The first kappa shape index (κ1) is 14.6. The van der Waals surface area contributed by atoms with Gasteiger partial charge in [0.15, 0.2) is 0 Å². The molecule has 5 nitrogen and oxygen atoms in total. The van der Waals surface area contributed by atoms with Crippen LogP contribution in [-0.4, -0.2) is 26.7 Å². The summed E-state index contributed by atoms with van der Waals surface area (Å²) in [6.07, 6.45) is -2.34. The van der Waals surface area contributed by atoms with Crippen molar-refractivity contribution in [3.63, 3.8) is 0 Å². The largest absolute Gasteiger partial charge is 0.416 e. The molecule has 0 aliphatic carbocycles. The number of nitrogens with zero attached hydrogens (tertiary/aromatic N) is 4. The van der Waals surface area contributed by atoms with Crippen LogP contribution in [0.2, 0.25) is 0 Å².